The number of phenols is 1. The summed E-state index contributed by atoms with van der Waals surface area (Å²) in [6.45, 7) is 4.72. The van der Waals surface area contributed by atoms with Gasteiger partial charge >= 0.3 is 0 Å². The number of nitriles is 1. The number of nitrogens with zero attached hydrogens (tertiary/aromatic N) is 4. The van der Waals surface area contributed by atoms with Gasteiger partial charge in [0, 0.05) is 56.1 Å². The van der Waals surface area contributed by atoms with E-state index in [1.807, 2.05) is 55.4 Å². The van der Waals surface area contributed by atoms with Crippen molar-refractivity contribution in [1.82, 2.24) is 10.2 Å². The van der Waals surface area contributed by atoms with Crippen molar-refractivity contribution in [2.24, 2.45) is 0 Å². The second-order valence-electron chi connectivity index (χ2n) is 9.09. The Morgan fingerprint density at radius 1 is 1.06 bits per heavy atom. The van der Waals surface area contributed by atoms with Crippen LogP contribution >= 0.6 is 11.6 Å². The van der Waals surface area contributed by atoms with E-state index in [1.54, 1.807) is 23.1 Å². The smallest absolute Gasteiger partial charge is 0.214 e. The van der Waals surface area contributed by atoms with E-state index in [-0.39, 0.29) is 5.75 Å². The van der Waals surface area contributed by atoms with E-state index in [0.717, 1.165) is 49.4 Å². The van der Waals surface area contributed by atoms with Gasteiger partial charge in [0.15, 0.2) is 0 Å². The number of amides is 1. The normalized spacial score (nSPS) is 13.5. The van der Waals surface area contributed by atoms with Gasteiger partial charge in [0.05, 0.1) is 22.3 Å². The molecule has 0 saturated carbocycles. The fourth-order valence-electron chi connectivity index (χ4n) is 4.39. The maximum Gasteiger partial charge on any atom is 0.214 e. The highest BCUT2D eigenvalue weighted by atomic mass is 35.5. The van der Waals surface area contributed by atoms with Crippen molar-refractivity contribution in [3.63, 3.8) is 0 Å². The van der Waals surface area contributed by atoms with Crippen LogP contribution in [0.2, 0.25) is 5.02 Å². The van der Waals surface area contributed by atoms with E-state index in [4.69, 9.17) is 11.6 Å². The maximum atomic E-state index is 11.7. The zero-order valence-corrected chi connectivity index (χ0v) is 21.3. The number of likely N-dealkylation sites (N-methyl/N-ethyl adjacent to an activating group) is 1. The number of para-hydroxylation sites is 1. The molecule has 1 amide bonds. The SMILES string of the molecule is CN(C)CCN(C=O)c1ccc(-c2cccc(-c3cc(C#N)cc(N4CCNCC4)c3)c2O)cc1Cl. The number of rotatable bonds is 8. The average molecular weight is 504 g/mol. The second-order valence-corrected chi connectivity index (χ2v) is 9.49. The van der Waals surface area contributed by atoms with Crippen LogP contribution in [-0.4, -0.2) is 69.8 Å². The maximum absolute atomic E-state index is 11.7. The molecule has 0 radical (unpaired) electrons. The minimum Gasteiger partial charge on any atom is -0.507 e. The number of halogens is 1. The Balaban J connectivity index is 1.69. The molecule has 0 bridgehead atoms. The molecule has 1 aliphatic heterocycles. The average Bonchev–Trinajstić information content (AvgIpc) is 2.90. The first-order valence-electron chi connectivity index (χ1n) is 11.9. The molecule has 1 heterocycles. The Hall–Kier alpha value is -3.57. The van der Waals surface area contributed by atoms with Gasteiger partial charge in [0.2, 0.25) is 6.41 Å². The third-order valence-corrected chi connectivity index (χ3v) is 6.66. The lowest BCUT2D eigenvalue weighted by molar-refractivity contribution is -0.107. The first kappa shape index (κ1) is 25.5. The largest absolute Gasteiger partial charge is 0.507 e. The Kier molecular flexibility index (Phi) is 8.11. The van der Waals surface area contributed by atoms with Gasteiger partial charge in [-0.2, -0.15) is 5.26 Å². The van der Waals surface area contributed by atoms with E-state index in [2.05, 4.69) is 16.3 Å². The van der Waals surface area contributed by atoms with Gasteiger partial charge in [0.1, 0.15) is 5.75 Å². The number of hydrogen-bond donors (Lipinski definition) is 2. The number of benzene rings is 3. The predicted octanol–water partition coefficient (Wildman–Crippen LogP) is 4.19. The van der Waals surface area contributed by atoms with Crippen LogP contribution in [0.3, 0.4) is 0 Å². The molecular weight excluding hydrogens is 474 g/mol. The number of nitrogens with one attached hydrogen (secondary N) is 1. The molecule has 0 spiro atoms. The number of phenolic OH excluding ortho intramolecular Hbond substituents is 1. The minimum absolute atomic E-state index is 0.113. The molecule has 3 aromatic carbocycles. The Labute approximate surface area is 217 Å². The van der Waals surface area contributed by atoms with Crippen molar-refractivity contribution in [2.45, 2.75) is 0 Å². The van der Waals surface area contributed by atoms with Crippen LogP contribution in [0.1, 0.15) is 5.56 Å². The monoisotopic (exact) mass is 503 g/mol. The Bertz CT molecular complexity index is 1280. The Morgan fingerprint density at radius 3 is 2.42 bits per heavy atom. The summed E-state index contributed by atoms with van der Waals surface area (Å²) < 4.78 is 0. The third kappa shape index (κ3) is 5.63. The van der Waals surface area contributed by atoms with E-state index >= 15 is 0 Å². The first-order valence-corrected chi connectivity index (χ1v) is 12.3. The third-order valence-electron chi connectivity index (χ3n) is 6.36. The van der Waals surface area contributed by atoms with Crippen molar-refractivity contribution in [3.8, 4) is 34.1 Å². The molecule has 0 aromatic heterocycles. The van der Waals surface area contributed by atoms with Gasteiger partial charge in [-0.1, -0.05) is 35.9 Å². The highest BCUT2D eigenvalue weighted by Crippen LogP contribution is 2.41. The molecule has 1 fully saturated rings. The topological polar surface area (TPSA) is 82.8 Å². The molecule has 1 aliphatic rings. The summed E-state index contributed by atoms with van der Waals surface area (Å²) in [6.07, 6.45) is 0.778. The van der Waals surface area contributed by atoms with Crippen LogP contribution in [0, 0.1) is 11.3 Å². The van der Waals surface area contributed by atoms with Crippen LogP contribution < -0.4 is 15.1 Å². The number of piperazine rings is 1. The van der Waals surface area contributed by atoms with E-state index in [9.17, 15) is 15.2 Å². The molecule has 186 valence electrons. The molecule has 0 atom stereocenters. The summed E-state index contributed by atoms with van der Waals surface area (Å²) in [4.78, 5) is 17.5. The van der Waals surface area contributed by atoms with E-state index in [1.165, 1.54) is 0 Å². The standard InChI is InChI=1S/C28H30ClN5O2/c1-32(2)12-13-34(19-35)27-7-6-21(17-26(27)29)24-4-3-5-25(28(24)36)22-14-20(18-30)15-23(16-22)33-10-8-31-9-11-33/h3-7,14-17,19,31,36H,8-13H2,1-2H3. The molecule has 3 aromatic rings. The van der Waals surface area contributed by atoms with Gasteiger partial charge in [-0.15, -0.1) is 0 Å². The fourth-order valence-corrected chi connectivity index (χ4v) is 4.68. The summed E-state index contributed by atoms with van der Waals surface area (Å²) >= 11 is 6.58. The van der Waals surface area contributed by atoms with Crippen molar-refractivity contribution in [1.29, 1.82) is 5.26 Å². The molecule has 4 rings (SSSR count). The van der Waals surface area contributed by atoms with Crippen LogP contribution in [0.5, 0.6) is 5.75 Å². The van der Waals surface area contributed by atoms with Crippen LogP contribution in [0.4, 0.5) is 11.4 Å². The lowest BCUT2D eigenvalue weighted by atomic mass is 9.95. The highest BCUT2D eigenvalue weighted by molar-refractivity contribution is 6.34. The highest BCUT2D eigenvalue weighted by Gasteiger charge is 2.17. The minimum atomic E-state index is 0.113. The molecule has 36 heavy (non-hydrogen) atoms. The van der Waals surface area contributed by atoms with Crippen molar-refractivity contribution >= 4 is 29.4 Å². The molecule has 8 heteroatoms. The number of hydrogen-bond acceptors (Lipinski definition) is 6. The van der Waals surface area contributed by atoms with Crippen LogP contribution in [0.15, 0.2) is 54.6 Å². The van der Waals surface area contributed by atoms with Crippen molar-refractivity contribution in [2.75, 3.05) is 63.2 Å². The first-order chi connectivity index (χ1) is 17.4. The van der Waals surface area contributed by atoms with Crippen LogP contribution in [0.25, 0.3) is 22.3 Å². The quantitative estimate of drug-likeness (QED) is 0.449. The summed E-state index contributed by atoms with van der Waals surface area (Å²) in [5.74, 6) is 0.113. The Morgan fingerprint density at radius 2 is 1.78 bits per heavy atom. The van der Waals surface area contributed by atoms with E-state index in [0.29, 0.717) is 40.5 Å². The van der Waals surface area contributed by atoms with Crippen molar-refractivity contribution < 1.29 is 9.90 Å². The summed E-state index contributed by atoms with van der Waals surface area (Å²) in [6, 6.07) is 18.9. The summed E-state index contributed by atoms with van der Waals surface area (Å²) in [7, 11) is 3.89. The van der Waals surface area contributed by atoms with Crippen LogP contribution in [-0.2, 0) is 4.79 Å². The summed E-state index contributed by atoms with van der Waals surface area (Å²) in [5, 5.41) is 24.7. The van der Waals surface area contributed by atoms with Crippen molar-refractivity contribution in [3.05, 3.63) is 65.2 Å². The number of aromatic hydroxyl groups is 1. The molecule has 7 nitrogen and oxygen atoms in total. The zero-order valence-electron chi connectivity index (χ0n) is 20.5. The fraction of sp³-hybridized carbons (Fsp3) is 0.286. The summed E-state index contributed by atoms with van der Waals surface area (Å²) in [5.41, 5.74) is 4.91. The van der Waals surface area contributed by atoms with Gasteiger partial charge < -0.3 is 25.1 Å². The lowest BCUT2D eigenvalue weighted by Crippen LogP contribution is -2.43. The van der Waals surface area contributed by atoms with E-state index < -0.39 is 0 Å². The molecule has 0 aliphatic carbocycles. The zero-order chi connectivity index (χ0) is 25.7. The molecule has 0 unspecified atom stereocenters. The number of carbonyl (C=O) groups excluding carboxylic acids is 1. The second kappa shape index (κ2) is 11.4. The van der Waals surface area contributed by atoms with Gasteiger partial charge in [-0.3, -0.25) is 4.79 Å². The molecule has 2 N–H and O–H groups in total. The van der Waals surface area contributed by atoms with Gasteiger partial charge in [-0.25, -0.2) is 0 Å². The molecule has 1 saturated heterocycles. The number of anilines is 2. The molecular formula is C28H30ClN5O2. The predicted molar refractivity (Wildman–Crippen MR) is 146 cm³/mol. The van der Waals surface area contributed by atoms with Gasteiger partial charge in [0.25, 0.3) is 0 Å². The van der Waals surface area contributed by atoms with Gasteiger partial charge in [-0.05, 0) is 55.6 Å². The number of carbonyl (C=O) groups is 1. The lowest BCUT2D eigenvalue weighted by Gasteiger charge is -2.30.